The molecule has 3 heterocycles. The van der Waals surface area contributed by atoms with Crippen LogP contribution in [0.3, 0.4) is 0 Å². The zero-order chi connectivity index (χ0) is 18.1. The lowest BCUT2D eigenvalue weighted by molar-refractivity contribution is 0.199. The van der Waals surface area contributed by atoms with Gasteiger partial charge in [-0.1, -0.05) is 5.16 Å². The molecule has 4 rings (SSSR count). The molecule has 1 saturated heterocycles. The first-order valence-electron chi connectivity index (χ1n) is 9.52. The molecule has 0 spiro atoms. The molecular formula is C19H28N6O. The lowest BCUT2D eigenvalue weighted by Gasteiger charge is -2.39. The number of aromatic nitrogens is 3. The van der Waals surface area contributed by atoms with Crippen molar-refractivity contribution in [1.29, 1.82) is 0 Å². The Morgan fingerprint density at radius 2 is 1.77 bits per heavy atom. The molecule has 2 fully saturated rings. The van der Waals surface area contributed by atoms with Crippen molar-refractivity contribution in [2.24, 2.45) is 0 Å². The molecule has 1 aliphatic carbocycles. The molecule has 7 heteroatoms. The Bertz CT molecular complexity index is 733. The molecule has 2 aliphatic rings. The van der Waals surface area contributed by atoms with Crippen molar-refractivity contribution in [3.63, 3.8) is 0 Å². The van der Waals surface area contributed by atoms with E-state index in [1.807, 2.05) is 32.1 Å². The topological polar surface area (TPSA) is 61.5 Å². The van der Waals surface area contributed by atoms with E-state index in [9.17, 15) is 0 Å². The van der Waals surface area contributed by atoms with Gasteiger partial charge in [-0.25, -0.2) is 9.97 Å². The maximum Gasteiger partial charge on any atom is 0.138 e. The lowest BCUT2D eigenvalue weighted by Crippen LogP contribution is -2.46. The third-order valence-electron chi connectivity index (χ3n) is 5.50. The second kappa shape index (κ2) is 7.23. The predicted molar refractivity (Wildman–Crippen MR) is 101 cm³/mol. The van der Waals surface area contributed by atoms with Crippen LogP contribution in [0.4, 0.5) is 11.6 Å². The highest BCUT2D eigenvalue weighted by Crippen LogP contribution is 2.36. The molecule has 0 unspecified atom stereocenters. The van der Waals surface area contributed by atoms with Crippen LogP contribution in [-0.4, -0.2) is 59.3 Å². The molecular weight excluding hydrogens is 328 g/mol. The van der Waals surface area contributed by atoms with Gasteiger partial charge in [0.05, 0.1) is 6.20 Å². The van der Waals surface area contributed by atoms with Crippen LogP contribution in [0.2, 0.25) is 0 Å². The maximum absolute atomic E-state index is 5.19. The van der Waals surface area contributed by atoms with Crippen molar-refractivity contribution >= 4 is 11.6 Å². The summed E-state index contributed by atoms with van der Waals surface area (Å²) in [6.07, 6.45) is 8.44. The number of hydrogen-bond acceptors (Lipinski definition) is 7. The molecule has 26 heavy (non-hydrogen) atoms. The molecule has 0 atom stereocenters. The van der Waals surface area contributed by atoms with E-state index in [0.29, 0.717) is 12.1 Å². The minimum absolute atomic E-state index is 0.562. The normalized spacial score (nSPS) is 18.9. The monoisotopic (exact) mass is 356 g/mol. The SMILES string of the molecule is Cc1oncc1CN1CCC(N(c2cc(N(C)C)ncn2)C2CC2)CC1. The van der Waals surface area contributed by atoms with Crippen LogP contribution in [0.25, 0.3) is 0 Å². The van der Waals surface area contributed by atoms with Gasteiger partial charge in [-0.15, -0.1) is 0 Å². The second-order valence-corrected chi connectivity index (χ2v) is 7.68. The van der Waals surface area contributed by atoms with Gasteiger partial charge in [0.15, 0.2) is 0 Å². The Morgan fingerprint density at radius 3 is 2.38 bits per heavy atom. The zero-order valence-corrected chi connectivity index (χ0v) is 15.9. The molecule has 2 aromatic rings. The van der Waals surface area contributed by atoms with Crippen molar-refractivity contribution in [1.82, 2.24) is 20.0 Å². The van der Waals surface area contributed by atoms with Crippen LogP contribution in [-0.2, 0) is 6.54 Å². The van der Waals surface area contributed by atoms with Gasteiger partial charge in [0.2, 0.25) is 0 Å². The van der Waals surface area contributed by atoms with Crippen molar-refractivity contribution in [2.75, 3.05) is 37.0 Å². The Hall–Kier alpha value is -2.15. The van der Waals surface area contributed by atoms with Crippen LogP contribution < -0.4 is 9.80 Å². The molecule has 7 nitrogen and oxygen atoms in total. The van der Waals surface area contributed by atoms with Gasteiger partial charge < -0.3 is 14.3 Å². The smallest absolute Gasteiger partial charge is 0.138 e. The molecule has 0 amide bonds. The Balaban J connectivity index is 1.43. The molecule has 2 aromatic heterocycles. The molecule has 0 bridgehead atoms. The highest BCUT2D eigenvalue weighted by Gasteiger charge is 2.36. The fourth-order valence-corrected chi connectivity index (χ4v) is 3.82. The summed E-state index contributed by atoms with van der Waals surface area (Å²) in [5.74, 6) is 2.99. The Morgan fingerprint density at radius 1 is 1.08 bits per heavy atom. The summed E-state index contributed by atoms with van der Waals surface area (Å²) in [4.78, 5) is 16.1. The number of rotatable bonds is 6. The number of hydrogen-bond donors (Lipinski definition) is 0. The summed E-state index contributed by atoms with van der Waals surface area (Å²) < 4.78 is 5.19. The number of aryl methyl sites for hydroxylation is 1. The summed E-state index contributed by atoms with van der Waals surface area (Å²) in [6.45, 7) is 5.12. The lowest BCUT2D eigenvalue weighted by atomic mass is 10.0. The summed E-state index contributed by atoms with van der Waals surface area (Å²) >= 11 is 0. The third kappa shape index (κ3) is 3.67. The van der Waals surface area contributed by atoms with E-state index < -0.39 is 0 Å². The zero-order valence-electron chi connectivity index (χ0n) is 15.9. The van der Waals surface area contributed by atoms with Crippen molar-refractivity contribution < 1.29 is 4.52 Å². The number of anilines is 2. The standard InChI is InChI=1S/C19H28N6O/c1-14-15(11-22-26-14)12-24-8-6-17(7-9-24)25(16-4-5-16)19-10-18(23(2)3)20-13-21-19/h10-11,13,16-17H,4-9,12H2,1-3H3. The molecule has 140 valence electrons. The largest absolute Gasteiger partial charge is 0.363 e. The van der Waals surface area contributed by atoms with Crippen LogP contribution >= 0.6 is 0 Å². The van der Waals surface area contributed by atoms with Gasteiger partial charge >= 0.3 is 0 Å². The van der Waals surface area contributed by atoms with Crippen LogP contribution in [0.15, 0.2) is 23.1 Å². The predicted octanol–water partition coefficient (Wildman–Crippen LogP) is 2.47. The summed E-state index contributed by atoms with van der Waals surface area (Å²) in [5, 5.41) is 3.90. The van der Waals surface area contributed by atoms with Gasteiger partial charge in [-0.2, -0.15) is 0 Å². The highest BCUT2D eigenvalue weighted by atomic mass is 16.5. The van der Waals surface area contributed by atoms with E-state index in [2.05, 4.69) is 31.0 Å². The van der Waals surface area contributed by atoms with E-state index in [1.165, 1.54) is 31.2 Å². The molecule has 0 aromatic carbocycles. The van der Waals surface area contributed by atoms with Gasteiger partial charge in [0.25, 0.3) is 0 Å². The van der Waals surface area contributed by atoms with Crippen molar-refractivity contribution in [2.45, 2.75) is 51.2 Å². The van der Waals surface area contributed by atoms with Gasteiger partial charge in [-0.3, -0.25) is 4.90 Å². The molecule has 1 aliphatic heterocycles. The van der Waals surface area contributed by atoms with E-state index in [-0.39, 0.29) is 0 Å². The minimum atomic E-state index is 0.562. The summed E-state index contributed by atoms with van der Waals surface area (Å²) in [6, 6.07) is 3.34. The van der Waals surface area contributed by atoms with Crippen LogP contribution in [0.1, 0.15) is 37.0 Å². The molecule has 1 saturated carbocycles. The first-order chi connectivity index (χ1) is 12.6. The average Bonchev–Trinajstić information content (AvgIpc) is 3.40. The minimum Gasteiger partial charge on any atom is -0.363 e. The number of piperidine rings is 1. The maximum atomic E-state index is 5.19. The van der Waals surface area contributed by atoms with Crippen molar-refractivity contribution in [3.05, 3.63) is 29.9 Å². The summed E-state index contributed by atoms with van der Waals surface area (Å²) in [7, 11) is 4.05. The number of nitrogens with zero attached hydrogens (tertiary/aromatic N) is 6. The average molecular weight is 356 g/mol. The highest BCUT2D eigenvalue weighted by molar-refractivity contribution is 5.51. The molecule has 0 radical (unpaired) electrons. The van der Waals surface area contributed by atoms with Crippen molar-refractivity contribution in [3.8, 4) is 0 Å². The van der Waals surface area contributed by atoms with E-state index in [1.54, 1.807) is 6.33 Å². The Kier molecular flexibility index (Phi) is 4.80. The van der Waals surface area contributed by atoms with E-state index >= 15 is 0 Å². The fraction of sp³-hybridized carbons (Fsp3) is 0.632. The van der Waals surface area contributed by atoms with Crippen LogP contribution in [0, 0.1) is 6.92 Å². The van der Waals surface area contributed by atoms with E-state index in [0.717, 1.165) is 37.0 Å². The van der Waals surface area contributed by atoms with Gasteiger partial charge in [-0.05, 0) is 32.6 Å². The third-order valence-corrected chi connectivity index (χ3v) is 5.50. The summed E-state index contributed by atoms with van der Waals surface area (Å²) in [5.41, 5.74) is 1.20. The first-order valence-corrected chi connectivity index (χ1v) is 9.52. The van der Waals surface area contributed by atoms with E-state index in [4.69, 9.17) is 4.52 Å². The fourth-order valence-electron chi connectivity index (χ4n) is 3.82. The second-order valence-electron chi connectivity index (χ2n) is 7.68. The quantitative estimate of drug-likeness (QED) is 0.788. The first kappa shape index (κ1) is 17.3. The van der Waals surface area contributed by atoms with Gasteiger partial charge in [0.1, 0.15) is 23.7 Å². The van der Waals surface area contributed by atoms with Gasteiger partial charge in [0, 0.05) is 57.4 Å². The van der Waals surface area contributed by atoms with Crippen LogP contribution in [0.5, 0.6) is 0 Å². The molecule has 0 N–H and O–H groups in total. The Labute approximate surface area is 155 Å². The number of likely N-dealkylation sites (tertiary alicyclic amines) is 1.